The standard InChI is InChI=1S/C22H16Cl2N2O3S/c1-12-18(21(28)29-2)19(14-6-4-3-5-7-14)26-20(27)17(30-22(26)25-12)11-13-8-9-15(23)16(24)10-13/h3-11,19H,1-2H3/b17-11+/t19-/m0/s1. The first-order valence-corrected chi connectivity index (χ1v) is 10.6. The molecule has 0 N–H and O–H groups in total. The number of hydrogen-bond donors (Lipinski definition) is 0. The van der Waals surface area contributed by atoms with Gasteiger partial charge in [-0.25, -0.2) is 9.79 Å². The second-order valence-electron chi connectivity index (χ2n) is 6.66. The van der Waals surface area contributed by atoms with E-state index in [0.717, 1.165) is 11.1 Å². The van der Waals surface area contributed by atoms with E-state index < -0.39 is 12.0 Å². The summed E-state index contributed by atoms with van der Waals surface area (Å²) in [6, 6.07) is 13.9. The highest BCUT2D eigenvalue weighted by Crippen LogP contribution is 2.30. The summed E-state index contributed by atoms with van der Waals surface area (Å²) in [5, 5.41) is 0.849. The van der Waals surface area contributed by atoms with Gasteiger partial charge >= 0.3 is 5.97 Å². The van der Waals surface area contributed by atoms with E-state index in [-0.39, 0.29) is 5.56 Å². The Morgan fingerprint density at radius 1 is 1.17 bits per heavy atom. The molecule has 2 heterocycles. The molecule has 152 valence electrons. The highest BCUT2D eigenvalue weighted by Gasteiger charge is 2.32. The Bertz CT molecular complexity index is 1360. The molecule has 1 aliphatic heterocycles. The first kappa shape index (κ1) is 20.6. The number of carbonyl (C=O) groups excluding carboxylic acids is 1. The van der Waals surface area contributed by atoms with E-state index in [2.05, 4.69) is 4.99 Å². The zero-order valence-electron chi connectivity index (χ0n) is 16.1. The molecule has 1 atom stereocenters. The molecule has 1 aliphatic rings. The Balaban J connectivity index is 1.97. The summed E-state index contributed by atoms with van der Waals surface area (Å²) >= 11 is 13.3. The number of allylic oxidation sites excluding steroid dienone is 1. The number of hydrogen-bond acceptors (Lipinski definition) is 5. The van der Waals surface area contributed by atoms with Crippen LogP contribution in [-0.2, 0) is 9.53 Å². The predicted octanol–water partition coefficient (Wildman–Crippen LogP) is 3.72. The van der Waals surface area contributed by atoms with Crippen molar-refractivity contribution in [3.05, 3.63) is 101 Å². The number of nitrogens with zero attached hydrogens (tertiary/aromatic N) is 2. The van der Waals surface area contributed by atoms with Gasteiger partial charge in [0.1, 0.15) is 0 Å². The maximum Gasteiger partial charge on any atom is 0.338 e. The van der Waals surface area contributed by atoms with Gasteiger partial charge in [0, 0.05) is 0 Å². The number of esters is 1. The first-order chi connectivity index (χ1) is 14.4. The highest BCUT2D eigenvalue weighted by atomic mass is 35.5. The van der Waals surface area contributed by atoms with Gasteiger partial charge in [-0.15, -0.1) is 0 Å². The quantitative estimate of drug-likeness (QED) is 0.561. The fraction of sp³-hybridized carbons (Fsp3) is 0.136. The molecule has 0 saturated carbocycles. The molecular formula is C22H16Cl2N2O3S. The van der Waals surface area contributed by atoms with Gasteiger partial charge in [0.05, 0.1) is 39.0 Å². The summed E-state index contributed by atoms with van der Waals surface area (Å²) in [4.78, 5) is 31.0. The van der Waals surface area contributed by atoms with Crippen LogP contribution in [0.5, 0.6) is 0 Å². The van der Waals surface area contributed by atoms with E-state index in [4.69, 9.17) is 27.9 Å². The van der Waals surface area contributed by atoms with Gasteiger partial charge in [0.25, 0.3) is 5.56 Å². The Morgan fingerprint density at radius 3 is 2.57 bits per heavy atom. The largest absolute Gasteiger partial charge is 0.466 e. The van der Waals surface area contributed by atoms with E-state index in [0.29, 0.717) is 30.6 Å². The van der Waals surface area contributed by atoms with Crippen LogP contribution in [0.3, 0.4) is 0 Å². The van der Waals surface area contributed by atoms with Gasteiger partial charge in [0.2, 0.25) is 0 Å². The average Bonchev–Trinajstić information content (AvgIpc) is 3.04. The fourth-order valence-corrected chi connectivity index (χ4v) is 4.75. The van der Waals surface area contributed by atoms with Crippen LogP contribution >= 0.6 is 34.5 Å². The van der Waals surface area contributed by atoms with Crippen LogP contribution in [-0.4, -0.2) is 17.6 Å². The van der Waals surface area contributed by atoms with Crippen LogP contribution in [0.15, 0.2) is 69.6 Å². The zero-order chi connectivity index (χ0) is 21.4. The van der Waals surface area contributed by atoms with Crippen molar-refractivity contribution in [3.8, 4) is 0 Å². The van der Waals surface area contributed by atoms with E-state index >= 15 is 0 Å². The lowest BCUT2D eigenvalue weighted by Crippen LogP contribution is -2.39. The zero-order valence-corrected chi connectivity index (χ0v) is 18.4. The van der Waals surface area contributed by atoms with Gasteiger partial charge in [-0.2, -0.15) is 0 Å². The summed E-state index contributed by atoms with van der Waals surface area (Å²) < 4.78 is 7.01. The van der Waals surface area contributed by atoms with Crippen LogP contribution in [0.4, 0.5) is 0 Å². The van der Waals surface area contributed by atoms with Crippen molar-refractivity contribution in [2.75, 3.05) is 7.11 Å². The number of carbonyl (C=O) groups is 1. The van der Waals surface area contributed by atoms with E-state index in [1.807, 2.05) is 30.3 Å². The maximum absolute atomic E-state index is 13.4. The minimum absolute atomic E-state index is 0.243. The smallest absolute Gasteiger partial charge is 0.338 e. The number of methoxy groups -OCH3 is 1. The molecular weight excluding hydrogens is 443 g/mol. The number of rotatable bonds is 3. The number of fused-ring (bicyclic) bond motifs is 1. The van der Waals surface area contributed by atoms with Crippen LogP contribution in [0.1, 0.15) is 24.1 Å². The van der Waals surface area contributed by atoms with E-state index in [9.17, 15) is 9.59 Å². The molecule has 30 heavy (non-hydrogen) atoms. The van der Waals surface area contributed by atoms with Crippen molar-refractivity contribution >= 4 is 46.6 Å². The average molecular weight is 459 g/mol. The second kappa shape index (κ2) is 8.22. The van der Waals surface area contributed by atoms with E-state index in [1.165, 1.54) is 18.4 Å². The minimum Gasteiger partial charge on any atom is -0.466 e. The minimum atomic E-state index is -0.620. The third-order valence-corrected chi connectivity index (χ3v) is 6.51. The number of aromatic nitrogens is 1. The van der Waals surface area contributed by atoms with E-state index in [1.54, 1.807) is 35.8 Å². The normalized spacial score (nSPS) is 16.3. The van der Waals surface area contributed by atoms with Crippen LogP contribution in [0.2, 0.25) is 10.0 Å². The van der Waals surface area contributed by atoms with Crippen molar-refractivity contribution in [3.63, 3.8) is 0 Å². The van der Waals surface area contributed by atoms with Gasteiger partial charge < -0.3 is 4.74 Å². The maximum atomic E-state index is 13.4. The first-order valence-electron chi connectivity index (χ1n) is 9.01. The van der Waals surface area contributed by atoms with Crippen LogP contribution in [0.25, 0.3) is 6.08 Å². The third kappa shape index (κ3) is 3.62. The highest BCUT2D eigenvalue weighted by molar-refractivity contribution is 7.07. The number of thiazole rings is 1. The van der Waals surface area contributed by atoms with Gasteiger partial charge in [0.15, 0.2) is 4.80 Å². The van der Waals surface area contributed by atoms with Crippen molar-refractivity contribution in [2.45, 2.75) is 13.0 Å². The molecule has 3 aromatic rings. The number of benzene rings is 2. The number of halogens is 2. The molecule has 0 amide bonds. The molecule has 2 aromatic carbocycles. The molecule has 0 spiro atoms. The molecule has 0 saturated heterocycles. The Kier molecular flexibility index (Phi) is 5.64. The van der Waals surface area contributed by atoms with Crippen molar-refractivity contribution < 1.29 is 9.53 Å². The summed E-state index contributed by atoms with van der Waals surface area (Å²) in [6.07, 6.45) is 1.74. The lowest BCUT2D eigenvalue weighted by molar-refractivity contribution is -0.136. The SMILES string of the molecule is COC(=O)C1=C(C)N=c2s/c(=C/c3ccc(Cl)c(Cl)c3)c(=O)n2[C@H]1c1ccccc1. The molecule has 0 radical (unpaired) electrons. The molecule has 0 bridgehead atoms. The molecule has 1 aromatic heterocycles. The topological polar surface area (TPSA) is 60.7 Å². The van der Waals surface area contributed by atoms with Crippen LogP contribution < -0.4 is 14.9 Å². The summed E-state index contributed by atoms with van der Waals surface area (Å²) in [6.45, 7) is 1.75. The molecule has 0 aliphatic carbocycles. The van der Waals surface area contributed by atoms with Crippen molar-refractivity contribution in [1.29, 1.82) is 0 Å². The van der Waals surface area contributed by atoms with Gasteiger partial charge in [-0.05, 0) is 36.3 Å². The Hall–Kier alpha value is -2.67. The van der Waals surface area contributed by atoms with Crippen molar-refractivity contribution in [1.82, 2.24) is 4.57 Å². The number of ether oxygens (including phenoxy) is 1. The molecule has 4 rings (SSSR count). The van der Waals surface area contributed by atoms with Gasteiger partial charge in [-0.3, -0.25) is 9.36 Å². The summed E-state index contributed by atoms with van der Waals surface area (Å²) in [7, 11) is 1.32. The monoisotopic (exact) mass is 458 g/mol. The lowest BCUT2D eigenvalue weighted by atomic mass is 9.96. The molecule has 0 unspecified atom stereocenters. The van der Waals surface area contributed by atoms with Crippen LogP contribution in [0, 0.1) is 0 Å². The third-order valence-electron chi connectivity index (χ3n) is 4.78. The van der Waals surface area contributed by atoms with Crippen molar-refractivity contribution in [2.24, 2.45) is 4.99 Å². The Labute approximate surface area is 186 Å². The molecule has 5 nitrogen and oxygen atoms in total. The Morgan fingerprint density at radius 2 is 1.90 bits per heavy atom. The molecule has 0 fully saturated rings. The lowest BCUT2D eigenvalue weighted by Gasteiger charge is -2.24. The van der Waals surface area contributed by atoms with Gasteiger partial charge in [-0.1, -0.05) is 70.9 Å². The summed E-state index contributed by atoms with van der Waals surface area (Å²) in [5.41, 5.74) is 2.17. The summed E-state index contributed by atoms with van der Waals surface area (Å²) in [5.74, 6) is -0.510. The molecule has 8 heteroatoms. The predicted molar refractivity (Wildman–Crippen MR) is 119 cm³/mol. The fourth-order valence-electron chi connectivity index (χ4n) is 3.40. The second-order valence-corrected chi connectivity index (χ2v) is 8.48.